The second-order valence-electron chi connectivity index (χ2n) is 8.19. The maximum absolute atomic E-state index is 13.1. The minimum atomic E-state index is -3.73. The van der Waals surface area contributed by atoms with E-state index in [1.54, 1.807) is 25.3 Å². The van der Waals surface area contributed by atoms with Gasteiger partial charge >= 0.3 is 0 Å². The van der Waals surface area contributed by atoms with E-state index >= 15 is 0 Å². The van der Waals surface area contributed by atoms with E-state index in [1.807, 2.05) is 47.6 Å². The van der Waals surface area contributed by atoms with Crippen LogP contribution >= 0.6 is 15.9 Å². The number of hydrogen-bond acceptors (Lipinski definition) is 3. The average molecular weight is 502 g/mol. The molecule has 0 bridgehead atoms. The number of rotatable bonds is 7. The molecule has 1 amide bonds. The monoisotopic (exact) mass is 500 g/mol. The zero-order chi connectivity index (χ0) is 23.5. The van der Waals surface area contributed by atoms with Crippen LogP contribution in [0, 0.1) is 5.41 Å². The van der Waals surface area contributed by atoms with Gasteiger partial charge in [-0.1, -0.05) is 73.5 Å². The first kappa shape index (κ1) is 28.6. The standard InChI is InChI=1S/C20H31BrN2O3S.C3H6/c1-7-15(8-2)13-23(6)27(25,26)18-12-16(10-9-11-17(18)21)19(24)22-14-20(3,4)5;1-3-2/h7,9-10,12H,8,11,13-14H2,1-6H3,(H,22,24);3H,1H2,2H3/b15-7+;. The fraction of sp³-hybridized carbons (Fsp3) is 0.522. The Bertz CT molecular complexity index is 829. The first-order valence-electron chi connectivity index (χ1n) is 10.1. The smallest absolute Gasteiger partial charge is 0.251 e. The molecule has 30 heavy (non-hydrogen) atoms. The molecule has 1 aliphatic carbocycles. The number of amides is 1. The number of carbonyl (C=O) groups is 1. The highest BCUT2D eigenvalue weighted by Gasteiger charge is 2.27. The first-order chi connectivity index (χ1) is 13.8. The van der Waals surface area contributed by atoms with Crippen LogP contribution in [0.5, 0.6) is 0 Å². The molecule has 1 aliphatic rings. The van der Waals surface area contributed by atoms with Gasteiger partial charge in [0.2, 0.25) is 10.0 Å². The lowest BCUT2D eigenvalue weighted by atomic mass is 9.97. The molecular weight excluding hydrogens is 464 g/mol. The lowest BCUT2D eigenvalue weighted by Gasteiger charge is -2.21. The van der Waals surface area contributed by atoms with Crippen molar-refractivity contribution < 1.29 is 13.2 Å². The number of halogens is 1. The third-order valence-corrected chi connectivity index (χ3v) is 7.05. The van der Waals surface area contributed by atoms with E-state index in [9.17, 15) is 13.2 Å². The number of sulfonamides is 1. The summed E-state index contributed by atoms with van der Waals surface area (Å²) in [5.41, 5.74) is 1.32. The topological polar surface area (TPSA) is 66.5 Å². The van der Waals surface area contributed by atoms with Gasteiger partial charge in [-0.3, -0.25) is 4.79 Å². The summed E-state index contributed by atoms with van der Waals surface area (Å²) in [6.45, 7) is 16.1. The van der Waals surface area contributed by atoms with Crippen molar-refractivity contribution in [3.8, 4) is 0 Å². The Balaban J connectivity index is 0.00000263. The van der Waals surface area contributed by atoms with E-state index in [-0.39, 0.29) is 16.2 Å². The largest absolute Gasteiger partial charge is 0.352 e. The minimum absolute atomic E-state index is 0.0563. The lowest BCUT2D eigenvalue weighted by molar-refractivity contribution is -0.117. The molecular formula is C23H37BrN2O3S. The van der Waals surface area contributed by atoms with Crippen molar-refractivity contribution in [2.24, 2.45) is 5.41 Å². The zero-order valence-corrected chi connectivity index (χ0v) is 21.8. The van der Waals surface area contributed by atoms with Crippen LogP contribution < -0.4 is 5.32 Å². The van der Waals surface area contributed by atoms with Gasteiger partial charge in [-0.05, 0) is 38.2 Å². The first-order valence-corrected chi connectivity index (χ1v) is 12.3. The fourth-order valence-electron chi connectivity index (χ4n) is 2.41. The van der Waals surface area contributed by atoms with Gasteiger partial charge in [0.25, 0.3) is 5.91 Å². The SMILES string of the molecule is C/C=C(\CC)CN(C)S(=O)(=O)C1=C(Br)CC=CC(C(=O)NCC(C)(C)C)=C1.C=CC. The predicted molar refractivity (Wildman–Crippen MR) is 132 cm³/mol. The van der Waals surface area contributed by atoms with Crippen molar-refractivity contribution in [3.63, 3.8) is 0 Å². The van der Waals surface area contributed by atoms with Crippen molar-refractivity contribution >= 4 is 31.9 Å². The molecule has 0 saturated heterocycles. The third kappa shape index (κ3) is 9.58. The van der Waals surface area contributed by atoms with Crippen LogP contribution in [0.1, 0.15) is 54.4 Å². The van der Waals surface area contributed by atoms with Gasteiger partial charge < -0.3 is 5.32 Å². The molecule has 0 saturated carbocycles. The lowest BCUT2D eigenvalue weighted by Crippen LogP contribution is -2.33. The Kier molecular flexibility index (Phi) is 12.4. The molecule has 0 unspecified atom stereocenters. The Morgan fingerprint density at radius 2 is 1.90 bits per heavy atom. The Labute approximate surface area is 191 Å². The molecule has 0 atom stereocenters. The van der Waals surface area contributed by atoms with Gasteiger partial charge in [0.15, 0.2) is 0 Å². The molecule has 0 fully saturated rings. The van der Waals surface area contributed by atoms with Gasteiger partial charge in [0.1, 0.15) is 0 Å². The Hall–Kier alpha value is -1.44. The number of likely N-dealkylation sites (N-methyl/N-ethyl adjacent to an activating group) is 1. The third-order valence-electron chi connectivity index (χ3n) is 4.17. The van der Waals surface area contributed by atoms with Crippen molar-refractivity contribution in [2.45, 2.75) is 54.4 Å². The summed E-state index contributed by atoms with van der Waals surface area (Å²) in [6.07, 6.45) is 9.81. The molecule has 7 heteroatoms. The molecule has 0 aromatic heterocycles. The van der Waals surface area contributed by atoms with Crippen LogP contribution in [0.4, 0.5) is 0 Å². The van der Waals surface area contributed by atoms with E-state index < -0.39 is 10.0 Å². The molecule has 0 aromatic carbocycles. The van der Waals surface area contributed by atoms with Crippen LogP contribution in [0.15, 0.2) is 57.5 Å². The van der Waals surface area contributed by atoms with Gasteiger partial charge in [-0.15, -0.1) is 6.58 Å². The number of nitrogens with one attached hydrogen (secondary N) is 1. The summed E-state index contributed by atoms with van der Waals surface area (Å²) in [4.78, 5) is 12.7. The number of carbonyl (C=O) groups excluding carboxylic acids is 1. The fourth-order valence-corrected chi connectivity index (χ4v) is 4.63. The van der Waals surface area contributed by atoms with Crippen LogP contribution in [0.25, 0.3) is 0 Å². The van der Waals surface area contributed by atoms with Gasteiger partial charge in [-0.25, -0.2) is 8.42 Å². The highest BCUT2D eigenvalue weighted by atomic mass is 79.9. The van der Waals surface area contributed by atoms with E-state index in [2.05, 4.69) is 27.8 Å². The van der Waals surface area contributed by atoms with E-state index in [0.29, 0.717) is 29.6 Å². The van der Waals surface area contributed by atoms with Crippen molar-refractivity contribution in [1.82, 2.24) is 9.62 Å². The molecule has 1 N–H and O–H groups in total. The summed E-state index contributed by atoms with van der Waals surface area (Å²) in [6, 6.07) is 0. The number of hydrogen-bond donors (Lipinski definition) is 1. The van der Waals surface area contributed by atoms with Crippen molar-refractivity contribution in [1.29, 1.82) is 0 Å². The summed E-state index contributed by atoms with van der Waals surface area (Å²) >= 11 is 3.39. The zero-order valence-electron chi connectivity index (χ0n) is 19.4. The molecule has 170 valence electrons. The van der Waals surface area contributed by atoms with Crippen molar-refractivity contribution in [3.05, 3.63) is 57.5 Å². The average Bonchev–Trinajstić information content (AvgIpc) is 2.86. The molecule has 0 aromatic rings. The minimum Gasteiger partial charge on any atom is -0.352 e. The van der Waals surface area contributed by atoms with Crippen LogP contribution in [-0.4, -0.2) is 38.8 Å². The highest BCUT2D eigenvalue weighted by molar-refractivity contribution is 9.11. The second kappa shape index (κ2) is 13.1. The second-order valence-corrected chi connectivity index (χ2v) is 11.2. The summed E-state index contributed by atoms with van der Waals surface area (Å²) in [7, 11) is -2.17. The van der Waals surface area contributed by atoms with E-state index in [4.69, 9.17) is 0 Å². The molecule has 0 heterocycles. The quantitative estimate of drug-likeness (QED) is 0.472. The number of nitrogens with zero attached hydrogens (tertiary/aromatic N) is 1. The van der Waals surface area contributed by atoms with Crippen LogP contribution in [-0.2, 0) is 14.8 Å². The summed E-state index contributed by atoms with van der Waals surface area (Å²) < 4.78 is 28.1. The van der Waals surface area contributed by atoms with Crippen LogP contribution in [0.2, 0.25) is 0 Å². The normalized spacial score (nSPS) is 15.2. The summed E-state index contributed by atoms with van der Waals surface area (Å²) in [5.74, 6) is -0.276. The van der Waals surface area contributed by atoms with Gasteiger partial charge in [0.05, 0.1) is 4.91 Å². The molecule has 0 aliphatic heterocycles. The summed E-state index contributed by atoms with van der Waals surface area (Å²) in [5, 5.41) is 2.87. The predicted octanol–water partition coefficient (Wildman–Crippen LogP) is 5.45. The number of allylic oxidation sites excluding steroid dienone is 5. The Morgan fingerprint density at radius 3 is 2.37 bits per heavy atom. The maximum Gasteiger partial charge on any atom is 0.251 e. The maximum atomic E-state index is 13.1. The highest BCUT2D eigenvalue weighted by Crippen LogP contribution is 2.29. The van der Waals surface area contributed by atoms with E-state index in [0.717, 1.165) is 12.0 Å². The molecule has 1 rings (SSSR count). The van der Waals surface area contributed by atoms with Gasteiger partial charge in [0, 0.05) is 30.2 Å². The molecule has 5 nitrogen and oxygen atoms in total. The molecule has 0 radical (unpaired) electrons. The van der Waals surface area contributed by atoms with E-state index in [1.165, 1.54) is 10.4 Å². The van der Waals surface area contributed by atoms with Gasteiger partial charge in [-0.2, -0.15) is 4.31 Å². The Morgan fingerprint density at radius 1 is 1.33 bits per heavy atom. The van der Waals surface area contributed by atoms with Crippen molar-refractivity contribution in [2.75, 3.05) is 20.1 Å². The molecule has 0 spiro atoms. The van der Waals surface area contributed by atoms with Crippen LogP contribution in [0.3, 0.4) is 0 Å².